The van der Waals surface area contributed by atoms with Crippen molar-refractivity contribution in [2.75, 3.05) is 6.61 Å². The molecule has 0 bridgehead atoms. The van der Waals surface area contributed by atoms with Gasteiger partial charge in [-0.2, -0.15) is 0 Å². The Morgan fingerprint density at radius 2 is 1.58 bits per heavy atom. The summed E-state index contributed by atoms with van der Waals surface area (Å²) in [5, 5.41) is 8.66. The van der Waals surface area contributed by atoms with E-state index in [0.717, 1.165) is 24.2 Å². The van der Waals surface area contributed by atoms with Crippen LogP contribution in [0.2, 0.25) is 18.1 Å². The van der Waals surface area contributed by atoms with Crippen molar-refractivity contribution in [3.05, 3.63) is 11.6 Å². The zero-order valence-corrected chi connectivity index (χ0v) is 16.2. The summed E-state index contributed by atoms with van der Waals surface area (Å²) in [6.07, 6.45) is 2.61. The van der Waals surface area contributed by atoms with E-state index in [2.05, 4.69) is 20.8 Å². The smallest absolute Gasteiger partial charge is 0.334 e. The van der Waals surface area contributed by atoms with Gasteiger partial charge in [0.05, 0.1) is 6.61 Å². The summed E-state index contributed by atoms with van der Waals surface area (Å²) in [7, 11) is -1.90. The minimum atomic E-state index is -1.90. The van der Waals surface area contributed by atoms with Crippen LogP contribution in [0.1, 0.15) is 53.4 Å². The van der Waals surface area contributed by atoms with Crippen LogP contribution in [0.4, 0.5) is 0 Å². The Bertz CT molecular complexity index is 446. The van der Waals surface area contributed by atoms with E-state index >= 15 is 0 Å². The number of carbonyl (C=O) groups excluding carboxylic acids is 2. The van der Waals surface area contributed by atoms with Crippen molar-refractivity contribution in [1.82, 2.24) is 0 Å². The van der Waals surface area contributed by atoms with E-state index in [4.69, 9.17) is 14.3 Å². The van der Waals surface area contributed by atoms with Gasteiger partial charge in [-0.1, -0.05) is 27.7 Å². The largest absolute Gasteiger partial charge is 0.519 e. The fourth-order valence-corrected chi connectivity index (χ4v) is 4.86. The maximum Gasteiger partial charge on any atom is 0.334 e. The summed E-state index contributed by atoms with van der Waals surface area (Å²) >= 11 is 0. The molecular weight excluding hydrogens is 328 g/mol. The monoisotopic (exact) mass is 358 g/mol. The molecule has 7 heteroatoms. The lowest BCUT2D eigenvalue weighted by atomic mass is 10.2. The van der Waals surface area contributed by atoms with Crippen LogP contribution in [0, 0.1) is 0 Å². The molecule has 0 fully saturated rings. The predicted molar refractivity (Wildman–Crippen MR) is 94.1 cm³/mol. The summed E-state index contributed by atoms with van der Waals surface area (Å²) in [6, 6.07) is 2.79. The summed E-state index contributed by atoms with van der Waals surface area (Å²) in [5.74, 6) is -1.95. The summed E-state index contributed by atoms with van der Waals surface area (Å²) in [5.41, 5.74) is 0.131. The predicted octanol–water partition coefficient (Wildman–Crippen LogP) is 3.67. The minimum Gasteiger partial charge on any atom is -0.519 e. The fraction of sp³-hybridized carbons (Fsp3) is 0.706. The van der Waals surface area contributed by atoms with Crippen molar-refractivity contribution >= 4 is 26.2 Å². The third kappa shape index (κ3) is 8.28. The van der Waals surface area contributed by atoms with E-state index in [1.165, 1.54) is 0 Å². The highest BCUT2D eigenvalue weighted by Gasteiger charge is 2.32. The Morgan fingerprint density at radius 3 is 2.04 bits per heavy atom. The van der Waals surface area contributed by atoms with Gasteiger partial charge in [0.25, 0.3) is 14.3 Å². The molecule has 6 nitrogen and oxygen atoms in total. The van der Waals surface area contributed by atoms with Gasteiger partial charge < -0.3 is 14.3 Å². The second kappa shape index (κ2) is 11.8. The highest BCUT2D eigenvalue weighted by atomic mass is 28.4. The SMILES string of the molecule is CC/C(=C/C(=O)O)C(=O)OCCCCC(=O)O[Si](CC)(CC)CC. The van der Waals surface area contributed by atoms with Crippen LogP contribution in [0.3, 0.4) is 0 Å². The van der Waals surface area contributed by atoms with E-state index < -0.39 is 20.3 Å². The maximum absolute atomic E-state index is 11.9. The highest BCUT2D eigenvalue weighted by Crippen LogP contribution is 2.22. The van der Waals surface area contributed by atoms with Crippen LogP contribution in [-0.2, 0) is 23.5 Å². The molecule has 0 amide bonds. The molecule has 0 aromatic carbocycles. The Labute approximate surface area is 145 Å². The third-order valence-electron chi connectivity index (χ3n) is 4.21. The molecule has 0 radical (unpaired) electrons. The molecule has 0 unspecified atom stereocenters. The van der Waals surface area contributed by atoms with E-state index in [9.17, 15) is 14.4 Å². The van der Waals surface area contributed by atoms with E-state index in [0.29, 0.717) is 25.7 Å². The van der Waals surface area contributed by atoms with Crippen molar-refractivity contribution in [2.45, 2.75) is 71.5 Å². The molecule has 0 aliphatic rings. The number of carboxylic acid groups (broad SMARTS) is 1. The number of hydrogen-bond donors (Lipinski definition) is 1. The van der Waals surface area contributed by atoms with E-state index in [1.54, 1.807) is 6.92 Å². The van der Waals surface area contributed by atoms with Crippen LogP contribution < -0.4 is 0 Å². The van der Waals surface area contributed by atoms with Crippen LogP contribution in [0.25, 0.3) is 0 Å². The number of aliphatic carboxylic acids is 1. The molecule has 24 heavy (non-hydrogen) atoms. The Kier molecular flexibility index (Phi) is 11.0. The first-order chi connectivity index (χ1) is 11.3. The van der Waals surface area contributed by atoms with E-state index in [-0.39, 0.29) is 18.1 Å². The second-order valence-electron chi connectivity index (χ2n) is 5.67. The van der Waals surface area contributed by atoms with Crippen molar-refractivity contribution in [1.29, 1.82) is 0 Å². The van der Waals surface area contributed by atoms with Crippen LogP contribution in [0.5, 0.6) is 0 Å². The lowest BCUT2D eigenvalue weighted by Gasteiger charge is -2.27. The standard InChI is InChI=1S/C17H30O6Si/c1-5-14(13-15(18)19)17(21)22-12-10-9-11-16(20)23-24(6-2,7-3)8-4/h13H,5-12H2,1-4H3,(H,18,19)/b14-13-. The maximum atomic E-state index is 11.9. The average molecular weight is 359 g/mol. The summed E-state index contributed by atoms with van der Waals surface area (Å²) < 4.78 is 10.8. The quantitative estimate of drug-likeness (QED) is 0.248. The van der Waals surface area contributed by atoms with Gasteiger partial charge in [0.1, 0.15) is 0 Å². The topological polar surface area (TPSA) is 89.9 Å². The number of unbranched alkanes of at least 4 members (excludes halogenated alkanes) is 1. The zero-order valence-electron chi connectivity index (χ0n) is 15.2. The number of carbonyl (C=O) groups is 3. The van der Waals surface area contributed by atoms with Gasteiger partial charge in [-0.25, -0.2) is 9.59 Å². The molecule has 0 saturated heterocycles. The molecule has 0 saturated carbocycles. The van der Waals surface area contributed by atoms with E-state index in [1.807, 2.05) is 0 Å². The molecule has 0 aliphatic heterocycles. The number of carboxylic acids is 1. The second-order valence-corrected chi connectivity index (χ2v) is 10.4. The highest BCUT2D eigenvalue weighted by molar-refractivity contribution is 6.74. The number of rotatable bonds is 12. The van der Waals surface area contributed by atoms with Crippen molar-refractivity contribution in [3.63, 3.8) is 0 Å². The van der Waals surface area contributed by atoms with Crippen LogP contribution in [0.15, 0.2) is 11.6 Å². The molecule has 138 valence electrons. The average Bonchev–Trinajstić information content (AvgIpc) is 2.57. The lowest BCUT2D eigenvalue weighted by molar-refractivity contribution is -0.140. The molecule has 0 spiro atoms. The first-order valence-electron chi connectivity index (χ1n) is 8.66. The zero-order chi connectivity index (χ0) is 18.6. The molecule has 0 heterocycles. The van der Waals surface area contributed by atoms with Gasteiger partial charge in [0, 0.05) is 18.1 Å². The minimum absolute atomic E-state index is 0.131. The molecule has 0 aliphatic carbocycles. The first kappa shape index (κ1) is 22.4. The van der Waals surface area contributed by atoms with Crippen molar-refractivity contribution in [2.24, 2.45) is 0 Å². The molecule has 0 atom stereocenters. The Morgan fingerprint density at radius 1 is 1.00 bits per heavy atom. The van der Waals surface area contributed by atoms with Gasteiger partial charge in [-0.3, -0.25) is 4.79 Å². The van der Waals surface area contributed by atoms with Crippen molar-refractivity contribution in [3.8, 4) is 0 Å². The van der Waals surface area contributed by atoms with Crippen LogP contribution >= 0.6 is 0 Å². The van der Waals surface area contributed by atoms with Gasteiger partial charge in [-0.05, 0) is 37.4 Å². The first-order valence-corrected chi connectivity index (χ1v) is 11.2. The van der Waals surface area contributed by atoms with Gasteiger partial charge >= 0.3 is 11.9 Å². The molecule has 1 N–H and O–H groups in total. The summed E-state index contributed by atoms with van der Waals surface area (Å²) in [4.78, 5) is 34.2. The van der Waals surface area contributed by atoms with Gasteiger partial charge in [0.2, 0.25) is 0 Å². The Hall–Kier alpha value is -1.63. The third-order valence-corrected chi connectivity index (χ3v) is 8.74. The lowest BCUT2D eigenvalue weighted by Crippen LogP contribution is -2.38. The van der Waals surface area contributed by atoms with Crippen LogP contribution in [-0.4, -0.2) is 37.9 Å². The number of ether oxygens (including phenoxy) is 1. The normalized spacial score (nSPS) is 11.9. The molecular formula is C17H30O6Si. The van der Waals surface area contributed by atoms with Gasteiger partial charge in [0.15, 0.2) is 0 Å². The number of hydrogen-bond acceptors (Lipinski definition) is 5. The van der Waals surface area contributed by atoms with Crippen molar-refractivity contribution < 1.29 is 28.7 Å². The number of esters is 1. The molecule has 0 aromatic rings. The van der Waals surface area contributed by atoms with Gasteiger partial charge in [-0.15, -0.1) is 0 Å². The molecule has 0 rings (SSSR count). The molecule has 0 aromatic heterocycles. The summed E-state index contributed by atoms with van der Waals surface area (Å²) in [6.45, 7) is 8.07. The fourth-order valence-electron chi connectivity index (χ4n) is 2.34. The Balaban J connectivity index is 4.12.